The summed E-state index contributed by atoms with van der Waals surface area (Å²) in [6, 6.07) is 3.45. The van der Waals surface area contributed by atoms with Gasteiger partial charge in [-0.3, -0.25) is 0 Å². The molecular formula is C11H6F3N3O2S. The maximum Gasteiger partial charge on any atom is 0.433 e. The van der Waals surface area contributed by atoms with Crippen molar-refractivity contribution >= 4 is 17.7 Å². The van der Waals surface area contributed by atoms with Crippen LogP contribution < -0.4 is 0 Å². The minimum atomic E-state index is -4.55. The number of nitrogens with zero attached hydrogens (tertiary/aromatic N) is 3. The molecule has 0 radical (unpaired) electrons. The standard InChI is InChI=1S/C11H6F3N3O2S/c12-11(13,14)8-2-4-16-10(17-8)20-6-1-3-15-7(5-6)9(18)19/h1-5H,(H,18,19). The Morgan fingerprint density at radius 3 is 2.55 bits per heavy atom. The summed E-state index contributed by atoms with van der Waals surface area (Å²) < 4.78 is 37.5. The molecule has 2 aromatic rings. The van der Waals surface area contributed by atoms with E-state index in [2.05, 4.69) is 15.0 Å². The number of pyridine rings is 1. The second-order valence-corrected chi connectivity index (χ2v) is 4.55. The quantitative estimate of drug-likeness (QED) is 0.878. The lowest BCUT2D eigenvalue weighted by atomic mass is 10.3. The first-order chi connectivity index (χ1) is 9.36. The van der Waals surface area contributed by atoms with Gasteiger partial charge in [0, 0.05) is 17.3 Å². The van der Waals surface area contributed by atoms with Crippen molar-refractivity contribution in [3.05, 3.63) is 42.0 Å². The van der Waals surface area contributed by atoms with Gasteiger partial charge in [-0.05, 0) is 30.0 Å². The fourth-order valence-electron chi connectivity index (χ4n) is 1.24. The molecule has 104 valence electrons. The van der Waals surface area contributed by atoms with Crippen molar-refractivity contribution in [2.24, 2.45) is 0 Å². The van der Waals surface area contributed by atoms with E-state index >= 15 is 0 Å². The van der Waals surface area contributed by atoms with Gasteiger partial charge in [-0.1, -0.05) is 0 Å². The summed E-state index contributed by atoms with van der Waals surface area (Å²) in [7, 11) is 0. The molecule has 2 rings (SSSR count). The third-order valence-electron chi connectivity index (χ3n) is 2.08. The van der Waals surface area contributed by atoms with Crippen molar-refractivity contribution in [3.8, 4) is 0 Å². The van der Waals surface area contributed by atoms with E-state index in [0.29, 0.717) is 4.90 Å². The first-order valence-electron chi connectivity index (χ1n) is 5.14. The van der Waals surface area contributed by atoms with Crippen molar-refractivity contribution in [1.82, 2.24) is 15.0 Å². The minimum absolute atomic E-state index is 0.123. The Bertz CT molecular complexity index is 649. The zero-order valence-electron chi connectivity index (χ0n) is 9.63. The van der Waals surface area contributed by atoms with E-state index in [4.69, 9.17) is 5.11 Å². The number of carbonyl (C=O) groups is 1. The molecule has 0 amide bonds. The monoisotopic (exact) mass is 301 g/mol. The van der Waals surface area contributed by atoms with Gasteiger partial charge in [-0.15, -0.1) is 0 Å². The zero-order chi connectivity index (χ0) is 14.8. The molecule has 0 aromatic carbocycles. The van der Waals surface area contributed by atoms with Gasteiger partial charge in [0.25, 0.3) is 0 Å². The molecule has 0 bridgehead atoms. The highest BCUT2D eigenvalue weighted by atomic mass is 32.2. The van der Waals surface area contributed by atoms with Gasteiger partial charge in [0.05, 0.1) is 0 Å². The molecule has 0 atom stereocenters. The molecule has 0 aliphatic carbocycles. The number of hydrogen-bond acceptors (Lipinski definition) is 5. The average molecular weight is 301 g/mol. The number of hydrogen-bond donors (Lipinski definition) is 1. The summed E-state index contributed by atoms with van der Waals surface area (Å²) in [5, 5.41) is 8.65. The van der Waals surface area contributed by atoms with Crippen LogP contribution in [0.5, 0.6) is 0 Å². The number of halogens is 3. The van der Waals surface area contributed by atoms with Crippen LogP contribution in [0.3, 0.4) is 0 Å². The van der Waals surface area contributed by atoms with Crippen LogP contribution in [0.4, 0.5) is 13.2 Å². The number of aromatic carboxylic acids is 1. The molecule has 0 unspecified atom stereocenters. The van der Waals surface area contributed by atoms with Crippen molar-refractivity contribution in [2.75, 3.05) is 0 Å². The van der Waals surface area contributed by atoms with E-state index < -0.39 is 17.8 Å². The average Bonchev–Trinajstić information content (AvgIpc) is 2.38. The van der Waals surface area contributed by atoms with E-state index in [0.717, 1.165) is 24.0 Å². The van der Waals surface area contributed by atoms with Crippen LogP contribution in [-0.2, 0) is 6.18 Å². The number of alkyl halides is 3. The molecule has 0 fully saturated rings. The lowest BCUT2D eigenvalue weighted by Gasteiger charge is -2.06. The predicted molar refractivity (Wildman–Crippen MR) is 62.4 cm³/mol. The van der Waals surface area contributed by atoms with Crippen LogP contribution in [0, 0.1) is 0 Å². The van der Waals surface area contributed by atoms with Crippen LogP contribution in [0.25, 0.3) is 0 Å². The van der Waals surface area contributed by atoms with Gasteiger partial charge in [-0.25, -0.2) is 19.7 Å². The zero-order valence-corrected chi connectivity index (χ0v) is 10.4. The van der Waals surface area contributed by atoms with Crippen LogP contribution in [-0.4, -0.2) is 26.0 Å². The fourth-order valence-corrected chi connectivity index (χ4v) is 2.01. The molecule has 2 heterocycles. The van der Waals surface area contributed by atoms with E-state index in [1.807, 2.05) is 0 Å². The Morgan fingerprint density at radius 2 is 1.90 bits per heavy atom. The van der Waals surface area contributed by atoms with Crippen molar-refractivity contribution in [2.45, 2.75) is 16.2 Å². The van der Waals surface area contributed by atoms with E-state index in [1.165, 1.54) is 18.3 Å². The maximum atomic E-state index is 12.5. The summed E-state index contributed by atoms with van der Waals surface area (Å²) in [6.07, 6.45) is -2.31. The number of carboxylic acids is 1. The van der Waals surface area contributed by atoms with Gasteiger partial charge in [0.15, 0.2) is 5.16 Å². The highest BCUT2D eigenvalue weighted by Gasteiger charge is 2.32. The van der Waals surface area contributed by atoms with Crippen molar-refractivity contribution in [1.29, 1.82) is 0 Å². The highest BCUT2D eigenvalue weighted by Crippen LogP contribution is 2.30. The summed E-state index contributed by atoms with van der Waals surface area (Å²) >= 11 is 0.824. The highest BCUT2D eigenvalue weighted by molar-refractivity contribution is 7.99. The Kier molecular flexibility index (Phi) is 3.89. The van der Waals surface area contributed by atoms with Gasteiger partial charge in [0.2, 0.25) is 0 Å². The minimum Gasteiger partial charge on any atom is -0.477 e. The lowest BCUT2D eigenvalue weighted by Crippen LogP contribution is -2.08. The van der Waals surface area contributed by atoms with Gasteiger partial charge in [-0.2, -0.15) is 13.2 Å². The van der Waals surface area contributed by atoms with Gasteiger partial charge >= 0.3 is 12.1 Å². The number of rotatable bonds is 3. The fraction of sp³-hybridized carbons (Fsp3) is 0.0909. The van der Waals surface area contributed by atoms with Crippen LogP contribution in [0.1, 0.15) is 16.2 Å². The van der Waals surface area contributed by atoms with Crippen molar-refractivity contribution < 1.29 is 23.1 Å². The Morgan fingerprint density at radius 1 is 1.20 bits per heavy atom. The topological polar surface area (TPSA) is 76.0 Å². The van der Waals surface area contributed by atoms with E-state index in [-0.39, 0.29) is 10.9 Å². The molecule has 9 heteroatoms. The third-order valence-corrected chi connectivity index (χ3v) is 2.95. The molecule has 0 saturated carbocycles. The molecule has 0 aliphatic rings. The first kappa shape index (κ1) is 14.3. The SMILES string of the molecule is O=C(O)c1cc(Sc2nccc(C(F)(F)F)n2)ccn1. The normalized spacial score (nSPS) is 11.3. The molecule has 0 saturated heterocycles. The third kappa shape index (κ3) is 3.44. The maximum absolute atomic E-state index is 12.5. The van der Waals surface area contributed by atoms with Crippen LogP contribution in [0.2, 0.25) is 0 Å². The Labute approximate surface area is 114 Å². The molecule has 0 aliphatic heterocycles. The molecule has 0 spiro atoms. The van der Waals surface area contributed by atoms with E-state index in [1.54, 1.807) is 0 Å². The predicted octanol–water partition coefficient (Wildman–Crippen LogP) is 2.74. The van der Waals surface area contributed by atoms with Crippen LogP contribution in [0.15, 0.2) is 40.6 Å². The Hall–Kier alpha value is -2.16. The summed E-state index contributed by atoms with van der Waals surface area (Å²) in [5.74, 6) is -1.22. The van der Waals surface area contributed by atoms with Crippen LogP contribution >= 0.6 is 11.8 Å². The second-order valence-electron chi connectivity index (χ2n) is 3.51. The van der Waals surface area contributed by atoms with Crippen molar-refractivity contribution in [3.63, 3.8) is 0 Å². The largest absolute Gasteiger partial charge is 0.477 e. The molecule has 1 N–H and O–H groups in total. The smallest absolute Gasteiger partial charge is 0.433 e. The van der Waals surface area contributed by atoms with Gasteiger partial charge < -0.3 is 5.11 Å². The lowest BCUT2D eigenvalue weighted by molar-refractivity contribution is -0.141. The summed E-state index contributed by atoms with van der Waals surface area (Å²) in [4.78, 5) is 21.8. The molecular weight excluding hydrogens is 295 g/mol. The molecule has 20 heavy (non-hydrogen) atoms. The Balaban J connectivity index is 2.26. The number of aromatic nitrogens is 3. The second kappa shape index (κ2) is 5.45. The summed E-state index contributed by atoms with van der Waals surface area (Å²) in [6.45, 7) is 0. The van der Waals surface area contributed by atoms with E-state index in [9.17, 15) is 18.0 Å². The first-order valence-corrected chi connectivity index (χ1v) is 5.95. The molecule has 2 aromatic heterocycles. The molecule has 5 nitrogen and oxygen atoms in total. The number of carboxylic acid groups (broad SMARTS) is 1. The summed E-state index contributed by atoms with van der Waals surface area (Å²) in [5.41, 5.74) is -1.26. The van der Waals surface area contributed by atoms with Gasteiger partial charge in [0.1, 0.15) is 11.4 Å².